The third-order valence-corrected chi connectivity index (χ3v) is 7.41. The van der Waals surface area contributed by atoms with Crippen molar-refractivity contribution in [3.05, 3.63) is 87.6 Å². The average molecular weight is 499 g/mol. The first kappa shape index (κ1) is 24.9. The van der Waals surface area contributed by atoms with Crippen LogP contribution in [0.1, 0.15) is 47.1 Å². The van der Waals surface area contributed by atoms with Crippen LogP contribution in [0.2, 0.25) is 0 Å². The molecule has 0 spiro atoms. The van der Waals surface area contributed by atoms with Gasteiger partial charge < -0.3 is 14.5 Å². The molecule has 0 saturated heterocycles. The Balaban J connectivity index is 1.54. The molecular weight excluding hydrogens is 470 g/mol. The number of halogens is 2. The zero-order valence-corrected chi connectivity index (χ0v) is 20.6. The molecule has 2 amide bonds. The van der Waals surface area contributed by atoms with Crippen molar-refractivity contribution in [1.82, 2.24) is 9.80 Å². The quantitative estimate of drug-likeness (QED) is 0.414. The van der Waals surface area contributed by atoms with E-state index in [4.69, 9.17) is 4.74 Å². The van der Waals surface area contributed by atoms with E-state index in [1.54, 1.807) is 33.3 Å². The number of hydrogen-bond donors (Lipinski definition) is 0. The number of hydrogen-bond acceptors (Lipinski definition) is 4. The van der Waals surface area contributed by atoms with E-state index in [-0.39, 0.29) is 42.9 Å². The van der Waals surface area contributed by atoms with Gasteiger partial charge >= 0.3 is 0 Å². The molecule has 184 valence electrons. The van der Waals surface area contributed by atoms with E-state index in [9.17, 15) is 18.4 Å². The fourth-order valence-electron chi connectivity index (χ4n) is 4.22. The number of thiophene rings is 1. The second kappa shape index (κ2) is 11.0. The Labute approximate surface area is 207 Å². The van der Waals surface area contributed by atoms with Crippen LogP contribution >= 0.6 is 11.3 Å². The van der Waals surface area contributed by atoms with Crippen LogP contribution in [0.15, 0.2) is 60.0 Å². The Bertz CT molecular complexity index is 1160. The first-order valence-electron chi connectivity index (χ1n) is 11.7. The third kappa shape index (κ3) is 5.70. The van der Waals surface area contributed by atoms with Gasteiger partial charge in [0.1, 0.15) is 30.5 Å². The van der Waals surface area contributed by atoms with Crippen molar-refractivity contribution in [1.29, 1.82) is 0 Å². The monoisotopic (exact) mass is 498 g/mol. The number of ether oxygens (including phenoxy) is 1. The molecule has 1 aliphatic heterocycles. The second-order valence-electron chi connectivity index (χ2n) is 8.61. The molecule has 2 aromatic carbocycles. The molecule has 0 aliphatic carbocycles. The van der Waals surface area contributed by atoms with Crippen LogP contribution in [0, 0.1) is 11.6 Å². The van der Waals surface area contributed by atoms with E-state index in [1.807, 2.05) is 25.3 Å². The fourth-order valence-corrected chi connectivity index (χ4v) is 5.15. The molecule has 35 heavy (non-hydrogen) atoms. The molecule has 0 saturated carbocycles. The minimum Gasteiger partial charge on any atom is -0.491 e. The highest BCUT2D eigenvalue weighted by Gasteiger charge is 2.34. The number of fused-ring (bicyclic) bond motifs is 1. The Morgan fingerprint density at radius 2 is 1.74 bits per heavy atom. The molecule has 4 rings (SSSR count). The number of benzene rings is 2. The molecule has 1 aliphatic rings. The van der Waals surface area contributed by atoms with Crippen LogP contribution in [-0.4, -0.2) is 47.4 Å². The number of amides is 2. The Hall–Kier alpha value is -3.26. The van der Waals surface area contributed by atoms with Crippen LogP contribution < -0.4 is 4.74 Å². The van der Waals surface area contributed by atoms with Gasteiger partial charge in [0.15, 0.2) is 0 Å². The van der Waals surface area contributed by atoms with Gasteiger partial charge in [0.25, 0.3) is 5.91 Å². The molecule has 2 heterocycles. The Kier molecular flexibility index (Phi) is 7.80. The summed E-state index contributed by atoms with van der Waals surface area (Å²) in [5.41, 5.74) is 1.38. The molecule has 8 heteroatoms. The summed E-state index contributed by atoms with van der Waals surface area (Å²) >= 11 is 1.65. The predicted molar refractivity (Wildman–Crippen MR) is 132 cm³/mol. The summed E-state index contributed by atoms with van der Waals surface area (Å²) in [6.07, 6.45) is 1.41. The largest absolute Gasteiger partial charge is 0.491 e. The summed E-state index contributed by atoms with van der Waals surface area (Å²) in [7, 11) is 0. The summed E-state index contributed by atoms with van der Waals surface area (Å²) in [6.45, 7) is 4.51. The Morgan fingerprint density at radius 3 is 2.40 bits per heavy atom. The van der Waals surface area contributed by atoms with Gasteiger partial charge in [0.05, 0.1) is 6.04 Å². The van der Waals surface area contributed by atoms with Crippen molar-refractivity contribution in [3.8, 4) is 5.75 Å². The highest BCUT2D eigenvalue weighted by Crippen LogP contribution is 2.34. The van der Waals surface area contributed by atoms with Crippen molar-refractivity contribution in [2.24, 2.45) is 0 Å². The van der Waals surface area contributed by atoms with Crippen LogP contribution in [0.3, 0.4) is 0 Å². The van der Waals surface area contributed by atoms with Crippen molar-refractivity contribution < 1.29 is 23.1 Å². The molecule has 2 atom stereocenters. The summed E-state index contributed by atoms with van der Waals surface area (Å²) in [5.74, 6) is -0.723. The van der Waals surface area contributed by atoms with Crippen LogP contribution in [0.25, 0.3) is 0 Å². The summed E-state index contributed by atoms with van der Waals surface area (Å²) in [4.78, 5) is 31.4. The molecule has 0 N–H and O–H groups in total. The van der Waals surface area contributed by atoms with Crippen LogP contribution in [0.5, 0.6) is 5.75 Å². The number of nitrogens with zero attached hydrogens (tertiary/aromatic N) is 2. The highest BCUT2D eigenvalue weighted by molar-refractivity contribution is 7.10. The summed E-state index contributed by atoms with van der Waals surface area (Å²) < 4.78 is 32.6. The smallest absolute Gasteiger partial charge is 0.254 e. The maximum Gasteiger partial charge on any atom is 0.254 e. The van der Waals surface area contributed by atoms with Gasteiger partial charge in [-0.05, 0) is 85.3 Å². The standard InChI is InChI=1S/C27H28F2N2O3S/c1-3-18(2)31(27(33)19-4-6-20(28)7-5-19)16-26(32)30-14-12-25-23(13-15-35-25)24(30)17-34-22-10-8-21(29)9-11-22/h4-11,13,15,18,24H,3,12,14,16-17H2,1-2H3/t18-,24+/m1/s1. The first-order chi connectivity index (χ1) is 16.9. The lowest BCUT2D eigenvalue weighted by Gasteiger charge is -2.38. The van der Waals surface area contributed by atoms with Crippen LogP contribution in [0.4, 0.5) is 8.78 Å². The number of carbonyl (C=O) groups excluding carboxylic acids is 2. The maximum absolute atomic E-state index is 13.6. The van der Waals surface area contributed by atoms with E-state index in [1.165, 1.54) is 41.3 Å². The van der Waals surface area contributed by atoms with Crippen molar-refractivity contribution in [2.45, 2.75) is 38.8 Å². The zero-order chi connectivity index (χ0) is 24.9. The highest BCUT2D eigenvalue weighted by atomic mass is 32.1. The molecule has 1 aromatic heterocycles. The molecule has 3 aromatic rings. The molecule has 5 nitrogen and oxygen atoms in total. The van der Waals surface area contributed by atoms with Gasteiger partial charge in [0, 0.05) is 23.0 Å². The molecule has 0 radical (unpaired) electrons. The van der Waals surface area contributed by atoms with Crippen molar-refractivity contribution >= 4 is 23.2 Å². The third-order valence-electron chi connectivity index (χ3n) is 6.42. The molecule has 0 fully saturated rings. The normalized spacial score (nSPS) is 15.9. The lowest BCUT2D eigenvalue weighted by atomic mass is 10.00. The van der Waals surface area contributed by atoms with E-state index in [0.717, 1.165) is 12.0 Å². The fraction of sp³-hybridized carbons (Fsp3) is 0.333. The molecule has 0 unspecified atom stereocenters. The maximum atomic E-state index is 13.6. The van der Waals surface area contributed by atoms with E-state index in [0.29, 0.717) is 24.3 Å². The summed E-state index contributed by atoms with van der Waals surface area (Å²) in [6, 6.07) is 12.7. The second-order valence-corrected chi connectivity index (χ2v) is 9.61. The zero-order valence-electron chi connectivity index (χ0n) is 19.7. The van der Waals surface area contributed by atoms with E-state index >= 15 is 0 Å². The van der Waals surface area contributed by atoms with Crippen LogP contribution in [-0.2, 0) is 11.2 Å². The number of carbonyl (C=O) groups is 2. The minimum atomic E-state index is -0.420. The lowest BCUT2D eigenvalue weighted by Crippen LogP contribution is -2.49. The SMILES string of the molecule is CC[C@@H](C)N(CC(=O)N1CCc2sccc2[C@@H]1COc1ccc(F)cc1)C(=O)c1ccc(F)cc1. The average Bonchev–Trinajstić information content (AvgIpc) is 3.35. The first-order valence-corrected chi connectivity index (χ1v) is 12.6. The van der Waals surface area contributed by atoms with Gasteiger partial charge in [0.2, 0.25) is 5.91 Å². The van der Waals surface area contributed by atoms with Gasteiger partial charge in [-0.15, -0.1) is 11.3 Å². The molecular formula is C27H28F2N2O3S. The Morgan fingerprint density at radius 1 is 1.09 bits per heavy atom. The van der Waals surface area contributed by atoms with Gasteiger partial charge in [-0.1, -0.05) is 6.92 Å². The lowest BCUT2D eigenvalue weighted by molar-refractivity contribution is -0.136. The van der Waals surface area contributed by atoms with Gasteiger partial charge in [-0.25, -0.2) is 8.78 Å². The number of rotatable bonds is 8. The van der Waals surface area contributed by atoms with Crippen molar-refractivity contribution in [3.63, 3.8) is 0 Å². The van der Waals surface area contributed by atoms with E-state index in [2.05, 4.69) is 0 Å². The topological polar surface area (TPSA) is 49.9 Å². The van der Waals surface area contributed by atoms with Gasteiger partial charge in [-0.3, -0.25) is 9.59 Å². The molecule has 0 bridgehead atoms. The predicted octanol–water partition coefficient (Wildman–Crippen LogP) is 5.47. The van der Waals surface area contributed by atoms with Crippen molar-refractivity contribution in [2.75, 3.05) is 19.7 Å². The van der Waals surface area contributed by atoms with Gasteiger partial charge in [-0.2, -0.15) is 0 Å². The van der Waals surface area contributed by atoms with E-state index < -0.39 is 5.82 Å². The minimum absolute atomic E-state index is 0.0856. The summed E-state index contributed by atoms with van der Waals surface area (Å²) in [5, 5.41) is 2.01.